The van der Waals surface area contributed by atoms with Gasteiger partial charge in [-0.25, -0.2) is 4.39 Å². The van der Waals surface area contributed by atoms with Crippen LogP contribution in [0.4, 0.5) is 10.1 Å². The number of carbonyl (C=O) groups is 1. The molecule has 31 heavy (non-hydrogen) atoms. The molecule has 0 saturated carbocycles. The molecule has 0 aliphatic carbocycles. The zero-order valence-electron chi connectivity index (χ0n) is 17.3. The number of para-hydroxylation sites is 1. The summed E-state index contributed by atoms with van der Waals surface area (Å²) in [7, 11) is 3.98. The van der Waals surface area contributed by atoms with Crippen LogP contribution in [0.5, 0.6) is 0 Å². The number of hydrogen-bond donors (Lipinski definition) is 2. The van der Waals surface area contributed by atoms with Crippen molar-refractivity contribution >= 4 is 34.1 Å². The third kappa shape index (κ3) is 4.28. The highest BCUT2D eigenvalue weighted by atomic mass is 35.5. The summed E-state index contributed by atoms with van der Waals surface area (Å²) >= 11 is 6.07. The zero-order valence-corrected chi connectivity index (χ0v) is 18.1. The lowest BCUT2D eigenvalue weighted by Gasteiger charge is -2.20. The van der Waals surface area contributed by atoms with E-state index in [0.29, 0.717) is 6.54 Å². The molecule has 6 heteroatoms. The van der Waals surface area contributed by atoms with Crippen molar-refractivity contribution in [1.82, 2.24) is 10.3 Å². The van der Waals surface area contributed by atoms with E-state index in [1.165, 1.54) is 18.2 Å². The van der Waals surface area contributed by atoms with E-state index in [2.05, 4.69) is 28.5 Å². The molecule has 4 nitrogen and oxygen atoms in total. The van der Waals surface area contributed by atoms with Gasteiger partial charge in [-0.1, -0.05) is 48.0 Å². The first-order chi connectivity index (χ1) is 15.0. The molecule has 1 unspecified atom stereocenters. The summed E-state index contributed by atoms with van der Waals surface area (Å²) in [5.41, 5.74) is 4.09. The molecule has 1 aromatic heterocycles. The SMILES string of the molecule is CN(C)c1ccc(C(CNC(=O)c2c(F)cccc2Cl)c2c[nH]c3ccccc23)cc1. The van der Waals surface area contributed by atoms with Crippen molar-refractivity contribution in [3.05, 3.63) is 100 Å². The Morgan fingerprint density at radius 1 is 1.06 bits per heavy atom. The van der Waals surface area contributed by atoms with Gasteiger partial charge in [-0.05, 0) is 41.5 Å². The van der Waals surface area contributed by atoms with Crippen LogP contribution in [-0.2, 0) is 0 Å². The average molecular weight is 436 g/mol. The van der Waals surface area contributed by atoms with Crippen molar-refractivity contribution in [3.8, 4) is 0 Å². The number of H-pyrrole nitrogens is 1. The van der Waals surface area contributed by atoms with E-state index in [4.69, 9.17) is 11.6 Å². The molecule has 4 aromatic rings. The van der Waals surface area contributed by atoms with Crippen LogP contribution in [0.15, 0.2) is 72.9 Å². The quantitative estimate of drug-likeness (QED) is 0.415. The minimum atomic E-state index is -0.635. The molecular weight excluding hydrogens is 413 g/mol. The van der Waals surface area contributed by atoms with Gasteiger partial charge in [0.05, 0.1) is 10.6 Å². The maximum atomic E-state index is 14.2. The molecular formula is C25H23ClFN3O. The van der Waals surface area contributed by atoms with E-state index >= 15 is 0 Å². The molecule has 0 aliphatic heterocycles. The van der Waals surface area contributed by atoms with Gasteiger partial charge in [-0.2, -0.15) is 0 Å². The fourth-order valence-electron chi connectivity index (χ4n) is 3.79. The van der Waals surface area contributed by atoms with Crippen molar-refractivity contribution in [3.63, 3.8) is 0 Å². The van der Waals surface area contributed by atoms with Crippen molar-refractivity contribution in [2.24, 2.45) is 0 Å². The Bertz CT molecular complexity index is 1200. The molecule has 1 amide bonds. The Kier molecular flexibility index (Phi) is 5.96. The van der Waals surface area contributed by atoms with Crippen molar-refractivity contribution in [1.29, 1.82) is 0 Å². The monoisotopic (exact) mass is 435 g/mol. The van der Waals surface area contributed by atoms with E-state index in [1.54, 1.807) is 0 Å². The zero-order chi connectivity index (χ0) is 22.0. The number of halogens is 2. The average Bonchev–Trinajstić information content (AvgIpc) is 3.18. The number of hydrogen-bond acceptors (Lipinski definition) is 2. The number of aromatic nitrogens is 1. The smallest absolute Gasteiger partial charge is 0.255 e. The van der Waals surface area contributed by atoms with Crippen LogP contribution in [0.2, 0.25) is 5.02 Å². The van der Waals surface area contributed by atoms with E-state index in [1.807, 2.05) is 55.5 Å². The number of anilines is 1. The third-order valence-corrected chi connectivity index (χ3v) is 5.78. The molecule has 1 heterocycles. The summed E-state index contributed by atoms with van der Waals surface area (Å²) in [4.78, 5) is 18.1. The van der Waals surface area contributed by atoms with Crippen LogP contribution in [0, 0.1) is 5.82 Å². The summed E-state index contributed by atoms with van der Waals surface area (Å²) in [6.45, 7) is 0.298. The Balaban J connectivity index is 1.68. The number of nitrogens with zero attached hydrogens (tertiary/aromatic N) is 1. The fraction of sp³-hybridized carbons (Fsp3) is 0.160. The topological polar surface area (TPSA) is 48.1 Å². The summed E-state index contributed by atoms with van der Waals surface area (Å²) < 4.78 is 14.2. The number of rotatable bonds is 6. The predicted molar refractivity (Wildman–Crippen MR) is 125 cm³/mol. The first-order valence-corrected chi connectivity index (χ1v) is 10.4. The minimum Gasteiger partial charge on any atom is -0.378 e. The maximum Gasteiger partial charge on any atom is 0.255 e. The van der Waals surface area contributed by atoms with Gasteiger partial charge < -0.3 is 15.2 Å². The highest BCUT2D eigenvalue weighted by molar-refractivity contribution is 6.33. The first kappa shape index (κ1) is 20.9. The lowest BCUT2D eigenvalue weighted by Crippen LogP contribution is -2.29. The molecule has 0 spiro atoms. The first-order valence-electron chi connectivity index (χ1n) is 10.0. The molecule has 0 saturated heterocycles. The molecule has 4 rings (SSSR count). The van der Waals surface area contributed by atoms with Crippen LogP contribution in [0.1, 0.15) is 27.4 Å². The number of fused-ring (bicyclic) bond motifs is 1. The minimum absolute atomic E-state index is 0.0940. The van der Waals surface area contributed by atoms with Crippen molar-refractivity contribution < 1.29 is 9.18 Å². The highest BCUT2D eigenvalue weighted by Crippen LogP contribution is 2.31. The summed E-state index contributed by atoms with van der Waals surface area (Å²) in [6, 6.07) is 20.5. The molecule has 0 aliphatic rings. The number of benzene rings is 3. The van der Waals surface area contributed by atoms with Gasteiger partial charge in [0.15, 0.2) is 0 Å². The van der Waals surface area contributed by atoms with E-state index < -0.39 is 11.7 Å². The van der Waals surface area contributed by atoms with Gasteiger partial charge in [0.1, 0.15) is 5.82 Å². The Hall–Kier alpha value is -3.31. The molecule has 1 atom stereocenters. The highest BCUT2D eigenvalue weighted by Gasteiger charge is 2.21. The van der Waals surface area contributed by atoms with Crippen LogP contribution in [0.3, 0.4) is 0 Å². The Morgan fingerprint density at radius 2 is 1.81 bits per heavy atom. The standard InChI is InChI=1S/C25H23ClFN3O/c1-30(2)17-12-10-16(11-13-17)19(20-15-28-23-9-4-3-6-18(20)23)14-29-25(31)24-21(26)7-5-8-22(24)27/h3-13,15,19,28H,14H2,1-2H3,(H,29,31). The molecule has 158 valence electrons. The molecule has 3 aromatic carbocycles. The molecule has 0 radical (unpaired) electrons. The van der Waals surface area contributed by atoms with E-state index in [9.17, 15) is 9.18 Å². The van der Waals surface area contributed by atoms with Gasteiger partial charge in [0.2, 0.25) is 0 Å². The van der Waals surface area contributed by atoms with Gasteiger partial charge >= 0.3 is 0 Å². The van der Waals surface area contributed by atoms with Crippen LogP contribution in [-0.4, -0.2) is 31.5 Å². The largest absolute Gasteiger partial charge is 0.378 e. The number of aromatic amines is 1. The van der Waals surface area contributed by atoms with Crippen molar-refractivity contribution in [2.75, 3.05) is 25.5 Å². The van der Waals surface area contributed by atoms with Crippen LogP contribution in [0.25, 0.3) is 10.9 Å². The van der Waals surface area contributed by atoms with Gasteiger partial charge in [0.25, 0.3) is 5.91 Å². The Morgan fingerprint density at radius 3 is 2.52 bits per heavy atom. The number of carbonyl (C=O) groups excluding carboxylic acids is 1. The van der Waals surface area contributed by atoms with Gasteiger partial charge in [0, 0.05) is 49.3 Å². The number of nitrogens with one attached hydrogen (secondary N) is 2. The maximum absolute atomic E-state index is 14.2. The lowest BCUT2D eigenvalue weighted by atomic mass is 9.90. The second-order valence-corrected chi connectivity index (χ2v) is 8.04. The van der Waals surface area contributed by atoms with Crippen LogP contribution < -0.4 is 10.2 Å². The summed E-state index contributed by atoms with van der Waals surface area (Å²) in [5.74, 6) is -1.29. The lowest BCUT2D eigenvalue weighted by molar-refractivity contribution is 0.0948. The summed E-state index contributed by atoms with van der Waals surface area (Å²) in [6.07, 6.45) is 1.97. The van der Waals surface area contributed by atoms with E-state index in [-0.39, 0.29) is 16.5 Å². The molecule has 0 fully saturated rings. The predicted octanol–water partition coefficient (Wildman–Crippen LogP) is 5.59. The van der Waals surface area contributed by atoms with Gasteiger partial charge in [-0.15, -0.1) is 0 Å². The van der Waals surface area contributed by atoms with E-state index in [0.717, 1.165) is 27.7 Å². The van der Waals surface area contributed by atoms with Crippen molar-refractivity contribution in [2.45, 2.75) is 5.92 Å². The second kappa shape index (κ2) is 8.82. The second-order valence-electron chi connectivity index (χ2n) is 7.63. The molecule has 2 N–H and O–H groups in total. The van der Waals surface area contributed by atoms with Crippen LogP contribution >= 0.6 is 11.6 Å². The van der Waals surface area contributed by atoms with Gasteiger partial charge in [-0.3, -0.25) is 4.79 Å². The third-order valence-electron chi connectivity index (χ3n) is 5.47. The fourth-order valence-corrected chi connectivity index (χ4v) is 4.04. The summed E-state index contributed by atoms with van der Waals surface area (Å²) in [5, 5.41) is 4.06. The Labute approximate surface area is 185 Å². The normalized spacial score (nSPS) is 12.0. The number of amides is 1. The molecule has 0 bridgehead atoms.